The molecule has 0 saturated heterocycles. The van der Waals surface area contributed by atoms with Crippen molar-refractivity contribution in [2.24, 2.45) is 0 Å². The average Bonchev–Trinajstić information content (AvgIpc) is 2.32. The SMILES string of the molecule is C=CCN1C(=O)COc2cc(CO)ccc21. The van der Waals surface area contributed by atoms with E-state index in [1.54, 1.807) is 29.2 Å². The zero-order valence-electron chi connectivity index (χ0n) is 8.85. The Bertz CT molecular complexity index is 428. The van der Waals surface area contributed by atoms with Gasteiger partial charge in [-0.3, -0.25) is 4.79 Å². The number of ether oxygens (including phenoxy) is 1. The number of carbonyl (C=O) groups is 1. The van der Waals surface area contributed by atoms with Gasteiger partial charge in [-0.1, -0.05) is 12.1 Å². The normalized spacial score (nSPS) is 14.3. The molecule has 1 heterocycles. The van der Waals surface area contributed by atoms with Crippen molar-refractivity contribution in [3.05, 3.63) is 36.4 Å². The summed E-state index contributed by atoms with van der Waals surface area (Å²) in [5, 5.41) is 9.01. The molecule has 0 unspecified atom stereocenters. The third-order valence-electron chi connectivity index (χ3n) is 2.46. The first-order valence-corrected chi connectivity index (χ1v) is 5.04. The lowest BCUT2D eigenvalue weighted by Crippen LogP contribution is -2.38. The number of fused-ring (bicyclic) bond motifs is 1. The zero-order chi connectivity index (χ0) is 11.5. The van der Waals surface area contributed by atoms with Gasteiger partial charge in [-0.25, -0.2) is 0 Å². The van der Waals surface area contributed by atoms with Crippen molar-refractivity contribution in [3.63, 3.8) is 0 Å². The molecule has 1 aliphatic heterocycles. The van der Waals surface area contributed by atoms with Crippen molar-refractivity contribution >= 4 is 11.6 Å². The molecule has 4 heteroatoms. The van der Waals surface area contributed by atoms with Crippen molar-refractivity contribution in [1.29, 1.82) is 0 Å². The molecule has 0 spiro atoms. The number of hydrogen-bond donors (Lipinski definition) is 1. The lowest BCUT2D eigenvalue weighted by Gasteiger charge is -2.28. The Morgan fingerprint density at radius 2 is 2.38 bits per heavy atom. The van der Waals surface area contributed by atoms with E-state index in [-0.39, 0.29) is 19.1 Å². The van der Waals surface area contributed by atoms with Crippen LogP contribution in [-0.2, 0) is 11.4 Å². The van der Waals surface area contributed by atoms with Crippen LogP contribution in [0.5, 0.6) is 5.75 Å². The second-order valence-corrected chi connectivity index (χ2v) is 3.54. The third-order valence-corrected chi connectivity index (χ3v) is 2.46. The summed E-state index contributed by atoms with van der Waals surface area (Å²) in [5.74, 6) is 0.553. The smallest absolute Gasteiger partial charge is 0.265 e. The highest BCUT2D eigenvalue weighted by Crippen LogP contribution is 2.32. The highest BCUT2D eigenvalue weighted by atomic mass is 16.5. The van der Waals surface area contributed by atoms with E-state index in [2.05, 4.69) is 6.58 Å². The van der Waals surface area contributed by atoms with Crippen LogP contribution in [0.15, 0.2) is 30.9 Å². The maximum atomic E-state index is 11.6. The molecule has 0 aromatic heterocycles. The average molecular weight is 219 g/mol. The Morgan fingerprint density at radius 1 is 1.56 bits per heavy atom. The van der Waals surface area contributed by atoms with E-state index in [0.717, 1.165) is 11.3 Å². The summed E-state index contributed by atoms with van der Waals surface area (Å²) in [6.45, 7) is 4.09. The van der Waals surface area contributed by atoms with Crippen molar-refractivity contribution in [2.75, 3.05) is 18.1 Å². The Hall–Kier alpha value is -1.81. The number of rotatable bonds is 3. The van der Waals surface area contributed by atoms with Crippen LogP contribution in [-0.4, -0.2) is 24.2 Å². The van der Waals surface area contributed by atoms with Crippen LogP contribution in [0.3, 0.4) is 0 Å². The quantitative estimate of drug-likeness (QED) is 0.774. The predicted molar refractivity (Wildman–Crippen MR) is 60.4 cm³/mol. The summed E-state index contributed by atoms with van der Waals surface area (Å²) in [6.07, 6.45) is 1.67. The van der Waals surface area contributed by atoms with E-state index in [4.69, 9.17) is 9.84 Å². The molecule has 0 saturated carbocycles. The van der Waals surface area contributed by atoms with E-state index in [1.165, 1.54) is 0 Å². The molecule has 16 heavy (non-hydrogen) atoms. The van der Waals surface area contributed by atoms with Crippen molar-refractivity contribution < 1.29 is 14.6 Å². The molecule has 0 radical (unpaired) electrons. The second kappa shape index (κ2) is 4.37. The number of carbonyl (C=O) groups excluding carboxylic acids is 1. The van der Waals surface area contributed by atoms with E-state index in [1.807, 2.05) is 0 Å². The maximum absolute atomic E-state index is 11.6. The molecule has 0 bridgehead atoms. The van der Waals surface area contributed by atoms with Gasteiger partial charge in [0.15, 0.2) is 6.61 Å². The van der Waals surface area contributed by atoms with Crippen LogP contribution in [0.2, 0.25) is 0 Å². The minimum atomic E-state index is -0.0795. The first kappa shape index (κ1) is 10.7. The number of amides is 1. The predicted octanol–water partition coefficient (Wildman–Crippen LogP) is 1.09. The first-order valence-electron chi connectivity index (χ1n) is 5.04. The van der Waals surface area contributed by atoms with Gasteiger partial charge >= 0.3 is 0 Å². The monoisotopic (exact) mass is 219 g/mol. The van der Waals surface area contributed by atoms with Crippen LogP contribution in [0, 0.1) is 0 Å². The molecule has 1 amide bonds. The van der Waals surface area contributed by atoms with Gasteiger partial charge in [-0.05, 0) is 17.7 Å². The summed E-state index contributed by atoms with van der Waals surface area (Å²) in [7, 11) is 0. The fraction of sp³-hybridized carbons (Fsp3) is 0.250. The zero-order valence-corrected chi connectivity index (χ0v) is 8.85. The molecule has 84 valence electrons. The Kier molecular flexibility index (Phi) is 2.92. The van der Waals surface area contributed by atoms with Gasteiger partial charge in [-0.2, -0.15) is 0 Å². The molecule has 1 aliphatic rings. The van der Waals surface area contributed by atoms with E-state index in [0.29, 0.717) is 12.3 Å². The molecular weight excluding hydrogens is 206 g/mol. The van der Waals surface area contributed by atoms with Gasteiger partial charge < -0.3 is 14.7 Å². The maximum Gasteiger partial charge on any atom is 0.265 e. The van der Waals surface area contributed by atoms with Crippen molar-refractivity contribution in [2.45, 2.75) is 6.61 Å². The Morgan fingerprint density at radius 3 is 3.06 bits per heavy atom. The Balaban J connectivity index is 2.40. The van der Waals surface area contributed by atoms with Gasteiger partial charge in [0, 0.05) is 6.54 Å². The number of nitrogens with zero attached hydrogens (tertiary/aromatic N) is 1. The first-order chi connectivity index (χ1) is 7.76. The summed E-state index contributed by atoms with van der Waals surface area (Å²) in [6, 6.07) is 5.30. The van der Waals surface area contributed by atoms with Gasteiger partial charge in [0.1, 0.15) is 5.75 Å². The second-order valence-electron chi connectivity index (χ2n) is 3.54. The lowest BCUT2D eigenvalue weighted by atomic mass is 10.1. The molecule has 0 fully saturated rings. The van der Waals surface area contributed by atoms with Crippen molar-refractivity contribution in [1.82, 2.24) is 0 Å². The summed E-state index contributed by atoms with van der Waals surface area (Å²) in [5.41, 5.74) is 1.50. The van der Waals surface area contributed by atoms with Crippen LogP contribution >= 0.6 is 0 Å². The molecule has 1 aromatic rings. The topological polar surface area (TPSA) is 49.8 Å². The standard InChI is InChI=1S/C12H13NO3/c1-2-5-13-10-4-3-9(7-14)6-11(10)16-8-12(13)15/h2-4,6,14H,1,5,7-8H2. The highest BCUT2D eigenvalue weighted by Gasteiger charge is 2.24. The fourth-order valence-corrected chi connectivity index (χ4v) is 1.68. The van der Waals surface area contributed by atoms with E-state index in [9.17, 15) is 4.79 Å². The number of aliphatic hydroxyl groups is 1. The molecule has 4 nitrogen and oxygen atoms in total. The molecule has 2 rings (SSSR count). The van der Waals surface area contributed by atoms with E-state index < -0.39 is 0 Å². The van der Waals surface area contributed by atoms with Crippen LogP contribution in [0.1, 0.15) is 5.56 Å². The minimum absolute atomic E-state index is 0.0357. The number of aliphatic hydroxyl groups excluding tert-OH is 1. The van der Waals surface area contributed by atoms with Crippen LogP contribution in [0.4, 0.5) is 5.69 Å². The summed E-state index contributed by atoms with van der Waals surface area (Å²) >= 11 is 0. The summed E-state index contributed by atoms with van der Waals surface area (Å²) in [4.78, 5) is 13.2. The van der Waals surface area contributed by atoms with Gasteiger partial charge in [0.25, 0.3) is 5.91 Å². The third kappa shape index (κ3) is 1.79. The van der Waals surface area contributed by atoms with Crippen LogP contribution < -0.4 is 9.64 Å². The molecule has 1 aromatic carbocycles. The summed E-state index contributed by atoms with van der Waals surface area (Å²) < 4.78 is 5.32. The van der Waals surface area contributed by atoms with Crippen molar-refractivity contribution in [3.8, 4) is 5.75 Å². The van der Waals surface area contributed by atoms with Crippen LogP contribution in [0.25, 0.3) is 0 Å². The molecular formula is C12H13NO3. The lowest BCUT2D eigenvalue weighted by molar-refractivity contribution is -0.121. The Labute approximate surface area is 93.8 Å². The van der Waals surface area contributed by atoms with Gasteiger partial charge in [0.2, 0.25) is 0 Å². The molecule has 1 N–H and O–H groups in total. The number of benzene rings is 1. The number of anilines is 1. The van der Waals surface area contributed by atoms with Gasteiger partial charge in [-0.15, -0.1) is 6.58 Å². The molecule has 0 aliphatic carbocycles. The fourth-order valence-electron chi connectivity index (χ4n) is 1.68. The van der Waals surface area contributed by atoms with Gasteiger partial charge in [0.05, 0.1) is 12.3 Å². The minimum Gasteiger partial charge on any atom is -0.482 e. The van der Waals surface area contributed by atoms with E-state index >= 15 is 0 Å². The highest BCUT2D eigenvalue weighted by molar-refractivity contribution is 5.98. The molecule has 0 atom stereocenters. The largest absolute Gasteiger partial charge is 0.482 e. The number of hydrogen-bond acceptors (Lipinski definition) is 3.